The second-order valence-corrected chi connectivity index (χ2v) is 5.67. The molecule has 0 fully saturated rings. The average molecular weight is 332 g/mol. The first kappa shape index (κ1) is 17.4. The van der Waals surface area contributed by atoms with E-state index in [1.165, 1.54) is 0 Å². The number of esters is 2. The zero-order valence-electron chi connectivity index (χ0n) is 15.8. The smallest absolute Gasteiger partial charge is 0.336 e. The Kier molecular flexibility index (Phi) is 7.47. The summed E-state index contributed by atoms with van der Waals surface area (Å²) in [7, 11) is 0. The summed E-state index contributed by atoms with van der Waals surface area (Å²) >= 11 is 0. The number of ether oxygens (including phenoxy) is 1. The van der Waals surface area contributed by atoms with Crippen molar-refractivity contribution in [1.29, 1.82) is 0 Å². The summed E-state index contributed by atoms with van der Waals surface area (Å²) in [6.45, 7) is 6.02. The Morgan fingerprint density at radius 2 is 1.22 bits per heavy atom. The van der Waals surface area contributed by atoms with Gasteiger partial charge in [-0.3, -0.25) is 9.59 Å². The topological polar surface area (TPSA) is 154 Å². The first-order valence-electron chi connectivity index (χ1n) is 8.27. The van der Waals surface area contributed by atoms with Crippen LogP contribution in [-0.2, 0) is 23.9 Å². The van der Waals surface area contributed by atoms with Gasteiger partial charge in [-0.15, -0.1) is 0 Å². The third kappa shape index (κ3) is 7.20. The first-order chi connectivity index (χ1) is 11.6. The third-order valence-corrected chi connectivity index (χ3v) is 3.00. The molecule has 0 aliphatic rings. The largest absolute Gasteiger partial charge is 0.390 e. The fraction of sp³-hybridized carbons (Fsp3) is 0.714. The minimum Gasteiger partial charge on any atom is -0.390 e. The van der Waals surface area contributed by atoms with E-state index in [4.69, 9.17) is 7.56 Å². The molecule has 2 amide bonds. The number of nitrogens with one attached hydrogen (secondary N) is 2. The molecule has 0 radical (unpaired) electrons. The molecular formula is C14H26N4O5. The average Bonchev–Trinajstić information content (AvgIpc) is 2.49. The third-order valence-electron chi connectivity index (χ3n) is 3.00. The fourth-order valence-corrected chi connectivity index (χ4v) is 1.67. The molecule has 6 N–H and O–H groups in total. The van der Waals surface area contributed by atoms with E-state index in [1.807, 2.05) is 11.5 Å². The predicted octanol–water partition coefficient (Wildman–Crippen LogP) is -1.74. The second kappa shape index (κ2) is 9.90. The lowest BCUT2D eigenvalue weighted by molar-refractivity contribution is -0.165. The van der Waals surface area contributed by atoms with Gasteiger partial charge in [0.25, 0.3) is 0 Å². The van der Waals surface area contributed by atoms with Gasteiger partial charge in [0, 0.05) is 0 Å². The Hall–Kier alpha value is -2.00. The lowest BCUT2D eigenvalue weighted by Gasteiger charge is -2.23. The van der Waals surface area contributed by atoms with Crippen LogP contribution in [0.4, 0.5) is 0 Å². The number of hydrogen-bond acceptors (Lipinski definition) is 7. The van der Waals surface area contributed by atoms with Crippen molar-refractivity contribution in [2.75, 3.05) is 13.1 Å². The van der Waals surface area contributed by atoms with Crippen LogP contribution in [0.3, 0.4) is 0 Å². The van der Waals surface area contributed by atoms with Gasteiger partial charge in [-0.2, -0.15) is 0 Å². The van der Waals surface area contributed by atoms with Crippen LogP contribution >= 0.6 is 0 Å². The van der Waals surface area contributed by atoms with Crippen LogP contribution in [-0.4, -0.2) is 48.9 Å². The molecule has 2 atom stereocenters. The van der Waals surface area contributed by atoms with Gasteiger partial charge in [0.2, 0.25) is 11.8 Å². The van der Waals surface area contributed by atoms with Crippen LogP contribution in [0.25, 0.3) is 0 Å². The van der Waals surface area contributed by atoms with Crippen molar-refractivity contribution in [1.82, 2.24) is 10.6 Å². The maximum absolute atomic E-state index is 12.2. The zero-order valence-corrected chi connectivity index (χ0v) is 13.8. The van der Waals surface area contributed by atoms with E-state index in [-0.39, 0.29) is 24.9 Å². The summed E-state index contributed by atoms with van der Waals surface area (Å²) in [6, 6.07) is -2.13. The van der Waals surface area contributed by atoms with Gasteiger partial charge in [0.1, 0.15) is 14.9 Å². The minimum absolute atomic E-state index is 0.310. The van der Waals surface area contributed by atoms with Gasteiger partial charge in [-0.1, -0.05) is 27.7 Å². The van der Waals surface area contributed by atoms with Crippen LogP contribution in [0, 0.1) is 11.8 Å². The van der Waals surface area contributed by atoms with E-state index in [2.05, 4.69) is 10.6 Å². The monoisotopic (exact) mass is 332 g/mol. The second-order valence-electron chi connectivity index (χ2n) is 5.67. The van der Waals surface area contributed by atoms with Crippen molar-refractivity contribution < 1.29 is 26.7 Å². The number of carbonyl (C=O) groups is 4. The van der Waals surface area contributed by atoms with E-state index in [1.54, 1.807) is 27.7 Å². The Bertz CT molecular complexity index is 446. The van der Waals surface area contributed by atoms with E-state index in [0.29, 0.717) is 0 Å². The highest BCUT2D eigenvalue weighted by Gasteiger charge is 2.32. The molecule has 0 aromatic heterocycles. The van der Waals surface area contributed by atoms with Gasteiger partial charge < -0.3 is 26.8 Å². The summed E-state index contributed by atoms with van der Waals surface area (Å²) in [5.41, 5.74) is 3.82. The molecular weight excluding hydrogens is 304 g/mol. The number of carbonyl (C=O) groups excluding carboxylic acids is 4. The normalized spacial score (nSPS) is 14.5. The van der Waals surface area contributed by atoms with Crippen molar-refractivity contribution in [2.45, 2.75) is 39.8 Å². The molecule has 23 heavy (non-hydrogen) atoms. The molecule has 0 saturated heterocycles. The summed E-state index contributed by atoms with van der Waals surface area (Å²) in [5.74, 6) is -3.78. The molecule has 0 aliphatic heterocycles. The molecule has 9 nitrogen and oxygen atoms in total. The minimum atomic E-state index is -1.07. The zero-order chi connectivity index (χ0) is 19.6. The number of rotatable bonds is 10. The van der Waals surface area contributed by atoms with Crippen LogP contribution in [0.2, 0.25) is 2.82 Å². The highest BCUT2D eigenvalue weighted by atomic mass is 16.6. The Morgan fingerprint density at radius 1 is 0.870 bits per heavy atom. The van der Waals surface area contributed by atoms with E-state index >= 15 is 0 Å². The maximum atomic E-state index is 12.2. The van der Waals surface area contributed by atoms with Crippen LogP contribution in [0.5, 0.6) is 0 Å². The van der Waals surface area contributed by atoms with Crippen LogP contribution in [0.1, 0.15) is 27.7 Å². The standard InChI is InChI=1S/C14H26N4O5/c1-7(2)11(17-9(19)5-15)13(21)23-14(22)12(8(3)4)18-10(20)6-16/h7-8,11-12H,5-6,15-16H2,1-4H3,(H,17,19)(H,18,20)/t11-,12-/m0/s1/i/hD2. The predicted molar refractivity (Wildman–Crippen MR) is 82.7 cm³/mol. The Morgan fingerprint density at radius 3 is 1.48 bits per heavy atom. The van der Waals surface area contributed by atoms with Gasteiger partial charge in [-0.05, 0) is 11.8 Å². The quantitative estimate of drug-likeness (QED) is 0.273. The van der Waals surface area contributed by atoms with E-state index in [0.717, 1.165) is 0 Å². The number of amides is 2. The van der Waals surface area contributed by atoms with Gasteiger partial charge >= 0.3 is 11.9 Å². The molecule has 132 valence electrons. The van der Waals surface area contributed by atoms with Gasteiger partial charge in [0.05, 0.1) is 13.1 Å². The molecule has 0 saturated carbocycles. The highest BCUT2D eigenvalue weighted by Crippen LogP contribution is 2.08. The van der Waals surface area contributed by atoms with Crippen LogP contribution in [0.15, 0.2) is 0 Å². The molecule has 9 heteroatoms. The Balaban J connectivity index is 4.96. The maximum Gasteiger partial charge on any atom is 0.336 e. The van der Waals surface area contributed by atoms with Crippen molar-refractivity contribution in [3.8, 4) is 0 Å². The number of nitrogens with two attached hydrogens (primary N) is 2. The summed E-state index contributed by atoms with van der Waals surface area (Å²) in [4.78, 5) is 47.5. The Labute approximate surface area is 138 Å². The molecule has 0 spiro atoms. The van der Waals surface area contributed by atoms with Crippen molar-refractivity contribution in [3.05, 3.63) is 0 Å². The lowest BCUT2D eigenvalue weighted by Crippen LogP contribution is -2.51. The summed E-state index contributed by atoms with van der Waals surface area (Å²) in [6.07, 6.45) is 0. The van der Waals surface area contributed by atoms with Gasteiger partial charge in [0.15, 0.2) is 0 Å². The molecule has 0 rings (SSSR count). The van der Waals surface area contributed by atoms with Crippen molar-refractivity contribution in [2.24, 2.45) is 23.3 Å². The molecule has 0 aliphatic carbocycles. The van der Waals surface area contributed by atoms with Gasteiger partial charge in [-0.25, -0.2) is 9.59 Å². The first-order valence-corrected chi connectivity index (χ1v) is 7.27. The molecule has 0 bridgehead atoms. The molecule has 0 aromatic rings. The highest BCUT2D eigenvalue weighted by molar-refractivity contribution is 5.95. The van der Waals surface area contributed by atoms with Crippen LogP contribution < -0.4 is 22.1 Å². The lowest BCUT2D eigenvalue weighted by atomic mass is 10.0. The fourth-order valence-electron chi connectivity index (χ4n) is 1.67. The van der Waals surface area contributed by atoms with E-state index in [9.17, 15) is 19.2 Å². The molecule has 0 unspecified atom stereocenters. The SMILES string of the molecule is [2H]NCC(=O)N[C@H](C(=O)OC(=O)[C@@H](NC(=O)CN[2H])C(C)C)C(C)C. The molecule has 0 aromatic carbocycles. The molecule has 0 heterocycles. The number of hydrogen-bond donors (Lipinski definition) is 4. The van der Waals surface area contributed by atoms with Crippen molar-refractivity contribution >= 4 is 23.8 Å². The van der Waals surface area contributed by atoms with E-state index < -0.39 is 35.8 Å². The van der Waals surface area contributed by atoms with Crippen molar-refractivity contribution in [3.63, 3.8) is 0 Å². The summed E-state index contributed by atoms with van der Waals surface area (Å²) < 4.78 is 18.3. The summed E-state index contributed by atoms with van der Waals surface area (Å²) in [5, 5.41) is 4.76.